The molecular formula is C14H21N3O6. The van der Waals surface area contributed by atoms with E-state index in [0.717, 1.165) is 19.5 Å². The lowest BCUT2D eigenvalue weighted by atomic mass is 10.0. The van der Waals surface area contributed by atoms with Crippen molar-refractivity contribution in [1.29, 1.82) is 0 Å². The molecule has 0 radical (unpaired) electrons. The molecule has 1 aromatic rings. The highest BCUT2D eigenvalue weighted by molar-refractivity contribution is 5.14. The number of hydrogen-bond acceptors (Lipinski definition) is 7. The molecule has 0 aliphatic carbocycles. The van der Waals surface area contributed by atoms with E-state index in [9.17, 15) is 19.8 Å². The molecular weight excluding hydrogens is 306 g/mol. The van der Waals surface area contributed by atoms with Gasteiger partial charge >= 0.3 is 5.69 Å². The summed E-state index contributed by atoms with van der Waals surface area (Å²) in [5.74, 6) is 0. The van der Waals surface area contributed by atoms with Crippen molar-refractivity contribution in [2.75, 3.05) is 26.2 Å². The van der Waals surface area contributed by atoms with Crippen LogP contribution in [0.2, 0.25) is 0 Å². The molecule has 2 aliphatic rings. The van der Waals surface area contributed by atoms with Gasteiger partial charge in [0.1, 0.15) is 24.4 Å². The number of H-pyrrole nitrogens is 1. The summed E-state index contributed by atoms with van der Waals surface area (Å²) in [5.41, 5.74) is -1.12. The topological polar surface area (TPSA) is 128 Å². The van der Waals surface area contributed by atoms with Gasteiger partial charge in [0.25, 0.3) is 5.56 Å². The number of aromatic amines is 1. The number of hydrogen-bond donors (Lipinski definition) is 4. The Hall–Kier alpha value is -1.52. The standard InChI is InChI=1S/C14H21N3O6/c18-7-9-10(19)11(20)12(23-9)8-6-17(14(22)15-13(8)21)5-4-16-2-1-3-16/h6,9-12,18-20H,1-5,7H2,(H,15,21,22)/t9-,10?,11?,12+/m1/s1. The highest BCUT2D eigenvalue weighted by atomic mass is 16.6. The van der Waals surface area contributed by atoms with Gasteiger partial charge in [-0.25, -0.2) is 4.79 Å². The molecule has 0 spiro atoms. The molecule has 2 unspecified atom stereocenters. The van der Waals surface area contributed by atoms with Gasteiger partial charge in [-0.2, -0.15) is 0 Å². The molecule has 1 aromatic heterocycles. The number of aliphatic hydroxyl groups excluding tert-OH is 3. The Kier molecular flexibility index (Phi) is 4.64. The van der Waals surface area contributed by atoms with Crippen LogP contribution in [0.5, 0.6) is 0 Å². The highest BCUT2D eigenvalue weighted by Crippen LogP contribution is 2.31. The maximum atomic E-state index is 12.0. The second-order valence-corrected chi connectivity index (χ2v) is 5.99. The number of aromatic nitrogens is 2. The number of likely N-dealkylation sites (tertiary alicyclic amines) is 1. The largest absolute Gasteiger partial charge is 0.394 e. The van der Waals surface area contributed by atoms with Gasteiger partial charge < -0.3 is 25.0 Å². The molecule has 3 rings (SSSR count). The van der Waals surface area contributed by atoms with Crippen molar-refractivity contribution in [2.24, 2.45) is 0 Å². The van der Waals surface area contributed by atoms with Crippen LogP contribution in [-0.2, 0) is 11.3 Å². The minimum Gasteiger partial charge on any atom is -0.394 e. The lowest BCUT2D eigenvalue weighted by molar-refractivity contribution is -0.0233. The van der Waals surface area contributed by atoms with E-state index in [1.807, 2.05) is 0 Å². The average Bonchev–Trinajstić information content (AvgIpc) is 2.75. The van der Waals surface area contributed by atoms with Crippen LogP contribution in [-0.4, -0.2) is 74.3 Å². The molecule has 128 valence electrons. The Morgan fingerprint density at radius 2 is 1.96 bits per heavy atom. The van der Waals surface area contributed by atoms with Crippen molar-refractivity contribution in [2.45, 2.75) is 37.4 Å². The molecule has 0 saturated carbocycles. The van der Waals surface area contributed by atoms with Crippen LogP contribution in [0.4, 0.5) is 0 Å². The second-order valence-electron chi connectivity index (χ2n) is 5.99. The molecule has 3 heterocycles. The fourth-order valence-corrected chi connectivity index (χ4v) is 2.91. The van der Waals surface area contributed by atoms with E-state index in [2.05, 4.69) is 9.88 Å². The first-order valence-corrected chi connectivity index (χ1v) is 7.69. The smallest absolute Gasteiger partial charge is 0.328 e. The molecule has 0 bridgehead atoms. The zero-order valence-corrected chi connectivity index (χ0v) is 12.6. The molecule has 9 heteroatoms. The Morgan fingerprint density at radius 3 is 2.52 bits per heavy atom. The molecule has 9 nitrogen and oxygen atoms in total. The normalized spacial score (nSPS) is 31.3. The van der Waals surface area contributed by atoms with E-state index in [1.165, 1.54) is 10.8 Å². The fourth-order valence-electron chi connectivity index (χ4n) is 2.91. The summed E-state index contributed by atoms with van der Waals surface area (Å²) in [7, 11) is 0. The SMILES string of the molecule is O=c1[nH]c(=O)n(CCN2CCC2)cc1[C@@H]1O[C@H](CO)C(O)C1O. The van der Waals surface area contributed by atoms with Gasteiger partial charge in [-0.15, -0.1) is 0 Å². The van der Waals surface area contributed by atoms with E-state index < -0.39 is 42.3 Å². The maximum Gasteiger partial charge on any atom is 0.328 e. The third-order valence-corrected chi connectivity index (χ3v) is 4.49. The predicted molar refractivity (Wildman–Crippen MR) is 79.1 cm³/mol. The van der Waals surface area contributed by atoms with E-state index in [0.29, 0.717) is 13.1 Å². The van der Waals surface area contributed by atoms with Crippen molar-refractivity contribution < 1.29 is 20.1 Å². The van der Waals surface area contributed by atoms with E-state index in [4.69, 9.17) is 9.84 Å². The summed E-state index contributed by atoms with van der Waals surface area (Å²) in [6, 6.07) is 0. The molecule has 4 atom stereocenters. The Balaban J connectivity index is 1.83. The highest BCUT2D eigenvalue weighted by Gasteiger charge is 2.44. The van der Waals surface area contributed by atoms with E-state index in [-0.39, 0.29) is 5.56 Å². The first-order chi connectivity index (χ1) is 11.0. The van der Waals surface area contributed by atoms with Crippen LogP contribution >= 0.6 is 0 Å². The summed E-state index contributed by atoms with van der Waals surface area (Å²) < 4.78 is 6.72. The molecule has 2 saturated heterocycles. The quantitative estimate of drug-likeness (QED) is 0.467. The minimum atomic E-state index is -1.34. The van der Waals surface area contributed by atoms with Gasteiger partial charge in [-0.1, -0.05) is 0 Å². The van der Waals surface area contributed by atoms with Gasteiger partial charge in [0.15, 0.2) is 0 Å². The van der Waals surface area contributed by atoms with Gasteiger partial charge in [-0.3, -0.25) is 14.3 Å². The van der Waals surface area contributed by atoms with Crippen molar-refractivity contribution >= 4 is 0 Å². The van der Waals surface area contributed by atoms with Crippen LogP contribution in [0.15, 0.2) is 15.8 Å². The molecule has 2 fully saturated rings. The zero-order chi connectivity index (χ0) is 16.6. The van der Waals surface area contributed by atoms with E-state index in [1.54, 1.807) is 0 Å². The third kappa shape index (κ3) is 3.10. The molecule has 23 heavy (non-hydrogen) atoms. The third-order valence-electron chi connectivity index (χ3n) is 4.49. The summed E-state index contributed by atoms with van der Waals surface area (Å²) in [6.07, 6.45) is -2.16. The molecule has 0 aromatic carbocycles. The van der Waals surface area contributed by atoms with Crippen LogP contribution < -0.4 is 11.2 Å². The zero-order valence-electron chi connectivity index (χ0n) is 12.6. The number of aliphatic hydroxyl groups is 3. The van der Waals surface area contributed by atoms with E-state index >= 15 is 0 Å². The number of rotatable bonds is 5. The van der Waals surface area contributed by atoms with Crippen molar-refractivity contribution in [3.63, 3.8) is 0 Å². The lowest BCUT2D eigenvalue weighted by Crippen LogP contribution is -2.42. The Bertz CT molecular complexity index is 667. The maximum absolute atomic E-state index is 12.0. The summed E-state index contributed by atoms with van der Waals surface area (Å²) >= 11 is 0. The van der Waals surface area contributed by atoms with Gasteiger partial charge in [0.2, 0.25) is 0 Å². The summed E-state index contributed by atoms with van der Waals surface area (Å²) in [4.78, 5) is 28.3. The first-order valence-electron chi connectivity index (χ1n) is 7.69. The van der Waals surface area contributed by atoms with Crippen molar-refractivity contribution in [1.82, 2.24) is 14.5 Å². The van der Waals surface area contributed by atoms with Crippen LogP contribution in [0.1, 0.15) is 18.1 Å². The minimum absolute atomic E-state index is 0.0655. The molecule has 0 amide bonds. The van der Waals surface area contributed by atoms with Gasteiger partial charge in [0.05, 0.1) is 12.2 Å². The monoisotopic (exact) mass is 327 g/mol. The first kappa shape index (κ1) is 16.3. The Morgan fingerprint density at radius 1 is 1.22 bits per heavy atom. The molecule has 2 aliphatic heterocycles. The van der Waals surface area contributed by atoms with Crippen molar-refractivity contribution in [3.05, 3.63) is 32.6 Å². The van der Waals surface area contributed by atoms with Gasteiger partial charge in [0, 0.05) is 19.3 Å². The van der Waals surface area contributed by atoms with Gasteiger partial charge in [-0.05, 0) is 19.5 Å². The summed E-state index contributed by atoms with van der Waals surface area (Å²) in [5, 5.41) is 28.9. The Labute approximate surface area is 131 Å². The molecule has 4 N–H and O–H groups in total. The summed E-state index contributed by atoms with van der Waals surface area (Å²) in [6.45, 7) is 2.64. The van der Waals surface area contributed by atoms with Crippen LogP contribution in [0.3, 0.4) is 0 Å². The number of nitrogens with one attached hydrogen (secondary N) is 1. The number of ether oxygens (including phenoxy) is 1. The fraction of sp³-hybridized carbons (Fsp3) is 0.714. The second kappa shape index (κ2) is 6.54. The number of nitrogens with zero attached hydrogens (tertiary/aromatic N) is 2. The lowest BCUT2D eigenvalue weighted by Gasteiger charge is -2.30. The predicted octanol–water partition coefficient (Wildman–Crippen LogP) is -2.60. The average molecular weight is 327 g/mol. The van der Waals surface area contributed by atoms with Crippen molar-refractivity contribution in [3.8, 4) is 0 Å². The van der Waals surface area contributed by atoms with Crippen LogP contribution in [0.25, 0.3) is 0 Å². The van der Waals surface area contributed by atoms with Crippen LogP contribution in [0, 0.1) is 0 Å².